The van der Waals surface area contributed by atoms with E-state index in [0.29, 0.717) is 19.7 Å². The molecule has 0 bridgehead atoms. The van der Waals surface area contributed by atoms with Gasteiger partial charge in [0, 0.05) is 32.4 Å². The first kappa shape index (κ1) is 15.2. The van der Waals surface area contributed by atoms with Gasteiger partial charge in [0.1, 0.15) is 5.82 Å². The third kappa shape index (κ3) is 4.92. The number of carbonyl (C=O) groups excluding carboxylic acids is 1. The normalized spacial score (nSPS) is 22.3. The van der Waals surface area contributed by atoms with E-state index in [1.807, 2.05) is 12.1 Å². The molecule has 3 rings (SSSR count). The Morgan fingerprint density at radius 1 is 1.41 bits per heavy atom. The molecule has 1 aliphatic heterocycles. The van der Waals surface area contributed by atoms with Crippen LogP contribution in [-0.2, 0) is 9.53 Å². The van der Waals surface area contributed by atoms with Crippen molar-refractivity contribution in [3.05, 3.63) is 18.3 Å². The first-order chi connectivity index (χ1) is 10.8. The molecule has 1 aromatic heterocycles. The fourth-order valence-corrected chi connectivity index (χ4v) is 2.50. The van der Waals surface area contributed by atoms with E-state index in [2.05, 4.69) is 25.7 Å². The largest absolute Gasteiger partial charge is 0.374 e. The van der Waals surface area contributed by atoms with Crippen LogP contribution in [0, 0.1) is 5.92 Å². The average Bonchev–Trinajstić information content (AvgIpc) is 3.37. The Kier molecular flexibility index (Phi) is 5.18. The van der Waals surface area contributed by atoms with Crippen LogP contribution in [0.5, 0.6) is 0 Å². The summed E-state index contributed by atoms with van der Waals surface area (Å²) >= 11 is 0. The molecule has 1 aromatic rings. The fourth-order valence-electron chi connectivity index (χ4n) is 2.50. The molecule has 1 atom stereocenters. The van der Waals surface area contributed by atoms with Crippen molar-refractivity contribution in [2.24, 2.45) is 5.92 Å². The molecule has 7 nitrogen and oxygen atoms in total. The van der Waals surface area contributed by atoms with Gasteiger partial charge in [0.05, 0.1) is 19.3 Å². The molecule has 1 amide bonds. The zero-order valence-corrected chi connectivity index (χ0v) is 12.7. The summed E-state index contributed by atoms with van der Waals surface area (Å²) in [6.45, 7) is 4.17. The Balaban J connectivity index is 1.37. The number of nitrogens with zero attached hydrogens (tertiary/aromatic N) is 3. The van der Waals surface area contributed by atoms with Gasteiger partial charge in [-0.2, -0.15) is 5.10 Å². The van der Waals surface area contributed by atoms with Gasteiger partial charge < -0.3 is 15.4 Å². The molecule has 0 aromatic carbocycles. The molecule has 120 valence electrons. The van der Waals surface area contributed by atoms with Crippen LogP contribution in [0.25, 0.3) is 0 Å². The van der Waals surface area contributed by atoms with Crippen LogP contribution in [0.4, 0.5) is 5.82 Å². The summed E-state index contributed by atoms with van der Waals surface area (Å²) < 4.78 is 5.74. The summed E-state index contributed by atoms with van der Waals surface area (Å²) in [5.41, 5.74) is 0. The fraction of sp³-hybridized carbons (Fsp3) is 0.667. The van der Waals surface area contributed by atoms with Gasteiger partial charge in [0.2, 0.25) is 5.91 Å². The van der Waals surface area contributed by atoms with E-state index in [0.717, 1.165) is 31.4 Å². The van der Waals surface area contributed by atoms with Crippen molar-refractivity contribution in [1.82, 2.24) is 20.4 Å². The van der Waals surface area contributed by atoms with Gasteiger partial charge in [0.25, 0.3) is 0 Å². The minimum Gasteiger partial charge on any atom is -0.374 e. The van der Waals surface area contributed by atoms with Crippen LogP contribution >= 0.6 is 0 Å². The predicted molar refractivity (Wildman–Crippen MR) is 82.4 cm³/mol. The van der Waals surface area contributed by atoms with Crippen molar-refractivity contribution in [1.29, 1.82) is 0 Å². The highest BCUT2D eigenvalue weighted by Gasteiger charge is 2.24. The van der Waals surface area contributed by atoms with Crippen molar-refractivity contribution < 1.29 is 9.53 Å². The van der Waals surface area contributed by atoms with E-state index < -0.39 is 0 Å². The maximum absolute atomic E-state index is 11.9. The molecule has 2 aliphatic rings. The Bertz CT molecular complexity index is 480. The molecule has 1 unspecified atom stereocenters. The van der Waals surface area contributed by atoms with Crippen molar-refractivity contribution in [3.63, 3.8) is 0 Å². The second-order valence-electron chi connectivity index (χ2n) is 5.97. The molecular formula is C15H23N5O2. The zero-order valence-electron chi connectivity index (χ0n) is 12.7. The smallest absolute Gasteiger partial charge is 0.234 e. The van der Waals surface area contributed by atoms with Crippen LogP contribution < -0.4 is 10.6 Å². The maximum Gasteiger partial charge on any atom is 0.234 e. The summed E-state index contributed by atoms with van der Waals surface area (Å²) in [4.78, 5) is 14.0. The second kappa shape index (κ2) is 7.51. The summed E-state index contributed by atoms with van der Waals surface area (Å²) in [6.07, 6.45) is 4.22. The molecule has 0 spiro atoms. The lowest BCUT2D eigenvalue weighted by molar-refractivity contribution is -0.124. The van der Waals surface area contributed by atoms with Gasteiger partial charge in [-0.15, -0.1) is 5.10 Å². The first-order valence-electron chi connectivity index (χ1n) is 7.92. The van der Waals surface area contributed by atoms with E-state index in [4.69, 9.17) is 4.74 Å². The van der Waals surface area contributed by atoms with Crippen LogP contribution in [0.2, 0.25) is 0 Å². The predicted octanol–water partition coefficient (Wildman–Crippen LogP) is 0.116. The lowest BCUT2D eigenvalue weighted by atomic mass is 10.2. The maximum atomic E-state index is 11.9. The highest BCUT2D eigenvalue weighted by Crippen LogP contribution is 2.27. The molecule has 0 radical (unpaired) electrons. The Morgan fingerprint density at radius 3 is 3.09 bits per heavy atom. The Hall–Kier alpha value is -1.73. The summed E-state index contributed by atoms with van der Waals surface area (Å²) in [5, 5.41) is 14.0. The van der Waals surface area contributed by atoms with Crippen LogP contribution in [0.3, 0.4) is 0 Å². The number of hydrogen-bond donors (Lipinski definition) is 2. The molecule has 2 fully saturated rings. The quantitative estimate of drug-likeness (QED) is 0.745. The minimum absolute atomic E-state index is 0.0620. The van der Waals surface area contributed by atoms with E-state index in [-0.39, 0.29) is 12.0 Å². The number of amides is 1. The third-order valence-electron chi connectivity index (χ3n) is 3.96. The van der Waals surface area contributed by atoms with E-state index >= 15 is 0 Å². The molecular weight excluding hydrogens is 282 g/mol. The highest BCUT2D eigenvalue weighted by molar-refractivity contribution is 5.78. The number of anilines is 1. The minimum atomic E-state index is 0.0620. The van der Waals surface area contributed by atoms with E-state index in [9.17, 15) is 4.79 Å². The van der Waals surface area contributed by atoms with Gasteiger partial charge in [-0.3, -0.25) is 9.69 Å². The van der Waals surface area contributed by atoms with Crippen molar-refractivity contribution in [3.8, 4) is 0 Å². The SMILES string of the molecule is O=C(CN1CCOC(CNc2cccnn2)C1)NCC1CC1. The molecule has 7 heteroatoms. The van der Waals surface area contributed by atoms with Crippen LogP contribution in [0.15, 0.2) is 18.3 Å². The molecule has 1 aliphatic carbocycles. The Labute approximate surface area is 130 Å². The van der Waals surface area contributed by atoms with Crippen LogP contribution in [0.1, 0.15) is 12.8 Å². The number of hydrogen-bond acceptors (Lipinski definition) is 6. The second-order valence-corrected chi connectivity index (χ2v) is 5.97. The van der Waals surface area contributed by atoms with Crippen molar-refractivity contribution in [2.45, 2.75) is 18.9 Å². The number of ether oxygens (including phenoxy) is 1. The number of morpholine rings is 1. The van der Waals surface area contributed by atoms with E-state index in [1.165, 1.54) is 12.8 Å². The lowest BCUT2D eigenvalue weighted by Gasteiger charge is -2.32. The summed E-state index contributed by atoms with van der Waals surface area (Å²) in [7, 11) is 0. The average molecular weight is 305 g/mol. The van der Waals surface area contributed by atoms with Gasteiger partial charge in [-0.25, -0.2) is 0 Å². The van der Waals surface area contributed by atoms with Gasteiger partial charge >= 0.3 is 0 Å². The standard InChI is InChI=1S/C15H23N5O2/c21-15(17-8-12-3-4-12)11-20-6-7-22-13(10-20)9-16-14-2-1-5-18-19-14/h1-2,5,12-13H,3-4,6-11H2,(H,16,19)(H,17,21). The lowest BCUT2D eigenvalue weighted by Crippen LogP contribution is -2.49. The van der Waals surface area contributed by atoms with Crippen LogP contribution in [-0.4, -0.2) is 66.4 Å². The number of rotatable bonds is 7. The number of nitrogens with one attached hydrogen (secondary N) is 2. The number of carbonyl (C=O) groups is 1. The molecule has 2 N–H and O–H groups in total. The topological polar surface area (TPSA) is 79.4 Å². The molecule has 2 heterocycles. The van der Waals surface area contributed by atoms with Gasteiger partial charge in [0.15, 0.2) is 0 Å². The van der Waals surface area contributed by atoms with Gasteiger partial charge in [-0.05, 0) is 30.9 Å². The monoisotopic (exact) mass is 305 g/mol. The molecule has 1 saturated heterocycles. The number of aromatic nitrogens is 2. The highest BCUT2D eigenvalue weighted by atomic mass is 16.5. The molecule has 1 saturated carbocycles. The van der Waals surface area contributed by atoms with Gasteiger partial charge in [-0.1, -0.05) is 0 Å². The Morgan fingerprint density at radius 2 is 2.32 bits per heavy atom. The summed E-state index contributed by atoms with van der Waals surface area (Å²) in [6, 6.07) is 3.71. The van der Waals surface area contributed by atoms with E-state index in [1.54, 1.807) is 6.20 Å². The third-order valence-corrected chi connectivity index (χ3v) is 3.96. The molecule has 22 heavy (non-hydrogen) atoms. The van der Waals surface area contributed by atoms with Crippen molar-refractivity contribution >= 4 is 11.7 Å². The summed E-state index contributed by atoms with van der Waals surface area (Å²) in [5.74, 6) is 1.58. The zero-order chi connectivity index (χ0) is 15.2. The van der Waals surface area contributed by atoms with Crippen molar-refractivity contribution in [2.75, 3.05) is 44.6 Å². The first-order valence-corrected chi connectivity index (χ1v) is 7.92.